The molecular weight excluding hydrogens is 282 g/mol. The average Bonchev–Trinajstić information content (AvgIpc) is 2.58. The molecule has 0 aliphatic carbocycles. The summed E-state index contributed by atoms with van der Waals surface area (Å²) < 4.78 is 5.06. The van der Waals surface area contributed by atoms with E-state index in [1.165, 1.54) is 0 Å². The molecule has 1 heterocycles. The molecule has 6 nitrogen and oxygen atoms in total. The van der Waals surface area contributed by atoms with Crippen LogP contribution in [0.4, 0.5) is 4.79 Å². The van der Waals surface area contributed by atoms with Crippen molar-refractivity contribution in [3.8, 4) is 0 Å². The number of alkyl carbamates (subject to hydrolysis) is 1. The zero-order chi connectivity index (χ0) is 15.6. The summed E-state index contributed by atoms with van der Waals surface area (Å²) in [4.78, 5) is 23.2. The monoisotopic (exact) mass is 301 g/mol. The van der Waals surface area contributed by atoms with E-state index >= 15 is 0 Å². The van der Waals surface area contributed by atoms with Gasteiger partial charge in [0.15, 0.2) is 0 Å². The van der Waals surface area contributed by atoms with Gasteiger partial charge in [0.05, 0.1) is 0 Å². The Balaban J connectivity index is 1.56. The molecule has 1 aliphatic rings. The van der Waals surface area contributed by atoms with E-state index in [1.54, 1.807) is 18.4 Å². The Morgan fingerprint density at radius 3 is 2.59 bits per heavy atom. The molecule has 0 bridgehead atoms. The second kappa shape index (κ2) is 8.51. The molecule has 2 rings (SSSR count). The molecule has 116 valence electrons. The fraction of sp³-hybridized carbons (Fsp3) is 0.250. The lowest BCUT2D eigenvalue weighted by Crippen LogP contribution is -2.44. The van der Waals surface area contributed by atoms with Gasteiger partial charge >= 0.3 is 6.09 Å². The van der Waals surface area contributed by atoms with Crippen molar-refractivity contribution in [1.82, 2.24) is 16.0 Å². The number of hydrogen-bond acceptors (Lipinski definition) is 4. The number of ether oxygens (including phenoxy) is 1. The van der Waals surface area contributed by atoms with E-state index < -0.39 is 6.09 Å². The first-order valence-electron chi connectivity index (χ1n) is 7.07. The predicted molar refractivity (Wildman–Crippen MR) is 82.8 cm³/mol. The van der Waals surface area contributed by atoms with Gasteiger partial charge in [-0.25, -0.2) is 4.79 Å². The highest BCUT2D eigenvalue weighted by Crippen LogP contribution is 2.00. The molecule has 1 unspecified atom stereocenters. The summed E-state index contributed by atoms with van der Waals surface area (Å²) in [6, 6.07) is 9.07. The molecule has 0 fully saturated rings. The summed E-state index contributed by atoms with van der Waals surface area (Å²) >= 11 is 0. The molecule has 1 atom stereocenters. The van der Waals surface area contributed by atoms with Crippen LogP contribution in [-0.4, -0.2) is 31.1 Å². The molecule has 1 aromatic rings. The molecule has 0 saturated heterocycles. The Morgan fingerprint density at radius 2 is 1.86 bits per heavy atom. The van der Waals surface area contributed by atoms with Gasteiger partial charge in [0, 0.05) is 13.1 Å². The minimum atomic E-state index is -0.503. The summed E-state index contributed by atoms with van der Waals surface area (Å²) in [5.74, 6) is -0.139. The van der Waals surface area contributed by atoms with Crippen molar-refractivity contribution in [1.29, 1.82) is 0 Å². The van der Waals surface area contributed by atoms with Crippen LogP contribution in [-0.2, 0) is 16.1 Å². The van der Waals surface area contributed by atoms with Crippen LogP contribution in [0.5, 0.6) is 0 Å². The summed E-state index contributed by atoms with van der Waals surface area (Å²) in [6.45, 7) is 0.878. The third-order valence-electron chi connectivity index (χ3n) is 2.98. The van der Waals surface area contributed by atoms with E-state index in [-0.39, 0.29) is 18.6 Å². The number of carbonyl (C=O) groups excluding carboxylic acids is 2. The van der Waals surface area contributed by atoms with Crippen molar-refractivity contribution in [2.24, 2.45) is 0 Å². The second-order valence-corrected chi connectivity index (χ2v) is 4.67. The van der Waals surface area contributed by atoms with E-state index in [1.807, 2.05) is 36.4 Å². The van der Waals surface area contributed by atoms with Crippen LogP contribution in [0.1, 0.15) is 5.56 Å². The molecule has 0 spiro atoms. The average molecular weight is 301 g/mol. The van der Waals surface area contributed by atoms with Crippen LogP contribution in [0.25, 0.3) is 0 Å². The zero-order valence-corrected chi connectivity index (χ0v) is 12.1. The van der Waals surface area contributed by atoms with Crippen molar-refractivity contribution in [3.63, 3.8) is 0 Å². The van der Waals surface area contributed by atoms with Gasteiger partial charge in [-0.15, -0.1) is 0 Å². The number of amides is 2. The van der Waals surface area contributed by atoms with Gasteiger partial charge in [-0.05, 0) is 17.8 Å². The number of allylic oxidation sites excluding steroid dienone is 2. The van der Waals surface area contributed by atoms with Crippen LogP contribution in [0.2, 0.25) is 0 Å². The first-order chi connectivity index (χ1) is 10.8. The van der Waals surface area contributed by atoms with E-state index in [9.17, 15) is 9.59 Å². The highest BCUT2D eigenvalue weighted by atomic mass is 16.5. The molecule has 1 aromatic carbocycles. The first-order valence-corrected chi connectivity index (χ1v) is 7.07. The molecule has 1 aliphatic heterocycles. The highest BCUT2D eigenvalue weighted by molar-refractivity contribution is 5.84. The van der Waals surface area contributed by atoms with Crippen molar-refractivity contribution in [2.45, 2.75) is 12.6 Å². The van der Waals surface area contributed by atoms with Gasteiger partial charge in [0.25, 0.3) is 0 Å². The van der Waals surface area contributed by atoms with Crippen molar-refractivity contribution in [3.05, 3.63) is 60.3 Å². The molecule has 22 heavy (non-hydrogen) atoms. The lowest BCUT2D eigenvalue weighted by atomic mass is 10.2. The number of benzene rings is 1. The van der Waals surface area contributed by atoms with Crippen LogP contribution in [0, 0.1) is 0 Å². The number of nitrogens with one attached hydrogen (secondary N) is 3. The van der Waals surface area contributed by atoms with Crippen molar-refractivity contribution < 1.29 is 14.3 Å². The maximum Gasteiger partial charge on any atom is 0.407 e. The summed E-state index contributed by atoms with van der Waals surface area (Å²) in [5, 5.41) is 8.22. The summed E-state index contributed by atoms with van der Waals surface area (Å²) in [6.07, 6.45) is 6.59. The molecule has 6 heteroatoms. The van der Waals surface area contributed by atoms with Crippen molar-refractivity contribution in [2.75, 3.05) is 13.1 Å². The Labute approximate surface area is 129 Å². The molecule has 0 saturated carbocycles. The van der Waals surface area contributed by atoms with Gasteiger partial charge in [0.1, 0.15) is 12.6 Å². The minimum Gasteiger partial charge on any atom is -0.445 e. The number of dihydropyridines is 1. The highest BCUT2D eigenvalue weighted by Gasteiger charge is 2.13. The van der Waals surface area contributed by atoms with Gasteiger partial charge in [0.2, 0.25) is 5.91 Å². The zero-order valence-electron chi connectivity index (χ0n) is 12.1. The Morgan fingerprint density at radius 1 is 1.09 bits per heavy atom. The van der Waals surface area contributed by atoms with E-state index in [0.29, 0.717) is 13.1 Å². The summed E-state index contributed by atoms with van der Waals surface area (Å²) in [5.41, 5.74) is 0.925. The van der Waals surface area contributed by atoms with Crippen LogP contribution in [0.3, 0.4) is 0 Å². The minimum absolute atomic E-state index is 0.139. The lowest BCUT2D eigenvalue weighted by molar-refractivity contribution is -0.121. The third kappa shape index (κ3) is 5.32. The SMILES string of the molecule is O=C(NCCNC(=O)C1C=CC=CN1)OCc1ccccc1. The normalized spacial score (nSPS) is 15.7. The fourth-order valence-corrected chi connectivity index (χ4v) is 1.84. The molecule has 0 radical (unpaired) electrons. The smallest absolute Gasteiger partial charge is 0.407 e. The maximum absolute atomic E-state index is 11.8. The quantitative estimate of drug-likeness (QED) is 0.687. The fourth-order valence-electron chi connectivity index (χ4n) is 1.84. The number of carbonyl (C=O) groups is 2. The Bertz CT molecular complexity index is 555. The van der Waals surface area contributed by atoms with E-state index in [4.69, 9.17) is 4.74 Å². The van der Waals surface area contributed by atoms with E-state index in [2.05, 4.69) is 16.0 Å². The lowest BCUT2D eigenvalue weighted by Gasteiger charge is -2.15. The second-order valence-electron chi connectivity index (χ2n) is 4.67. The van der Waals surface area contributed by atoms with Crippen LogP contribution < -0.4 is 16.0 Å². The first kappa shape index (κ1) is 15.6. The summed E-state index contributed by atoms with van der Waals surface area (Å²) in [7, 11) is 0. The molecular formula is C16H19N3O3. The van der Waals surface area contributed by atoms with E-state index in [0.717, 1.165) is 5.56 Å². The van der Waals surface area contributed by atoms with Gasteiger partial charge in [-0.2, -0.15) is 0 Å². The maximum atomic E-state index is 11.8. The Kier molecular flexibility index (Phi) is 6.04. The predicted octanol–water partition coefficient (Wildman–Crippen LogP) is 1.07. The van der Waals surface area contributed by atoms with Crippen molar-refractivity contribution >= 4 is 12.0 Å². The van der Waals surface area contributed by atoms with Crippen LogP contribution >= 0.6 is 0 Å². The van der Waals surface area contributed by atoms with Gasteiger partial charge in [-0.3, -0.25) is 4.79 Å². The molecule has 2 amide bonds. The molecule has 0 aromatic heterocycles. The Hall–Kier alpha value is -2.76. The van der Waals surface area contributed by atoms with Gasteiger partial charge in [-0.1, -0.05) is 42.5 Å². The standard InChI is InChI=1S/C16H19N3O3/c20-15(14-8-4-5-9-17-14)18-10-11-19-16(21)22-12-13-6-2-1-3-7-13/h1-9,14,17H,10-12H2,(H,18,20)(H,19,21). The number of rotatable bonds is 6. The third-order valence-corrected chi connectivity index (χ3v) is 2.98. The van der Waals surface area contributed by atoms with Crippen LogP contribution in [0.15, 0.2) is 54.8 Å². The number of hydrogen-bond donors (Lipinski definition) is 3. The van der Waals surface area contributed by atoms with Gasteiger partial charge < -0.3 is 20.7 Å². The topological polar surface area (TPSA) is 79.5 Å². The molecule has 3 N–H and O–H groups in total. The largest absolute Gasteiger partial charge is 0.445 e.